The Kier molecular flexibility index (Phi) is 5.79. The molecule has 170 valence electrons. The highest BCUT2D eigenvalue weighted by atomic mass is 79.9. The molecule has 1 aliphatic rings. The van der Waals surface area contributed by atoms with Crippen LogP contribution in [0.4, 0.5) is 5.69 Å². The molecule has 0 spiro atoms. The van der Waals surface area contributed by atoms with Crippen LogP contribution in [0.5, 0.6) is 5.75 Å². The maximum Gasteiger partial charge on any atom is 0.266 e. The van der Waals surface area contributed by atoms with E-state index in [0.29, 0.717) is 40.3 Å². The molecule has 1 aliphatic heterocycles. The quantitative estimate of drug-likeness (QED) is 0.331. The average Bonchev–Trinajstić information content (AvgIpc) is 3.10. The van der Waals surface area contributed by atoms with Crippen LogP contribution in [-0.4, -0.2) is 29.1 Å². The minimum atomic E-state index is -0.229. The van der Waals surface area contributed by atoms with Gasteiger partial charge in [-0.1, -0.05) is 47.1 Å². The largest absolute Gasteiger partial charge is 0.495 e. The molecule has 5 rings (SSSR count). The van der Waals surface area contributed by atoms with Crippen molar-refractivity contribution in [3.63, 3.8) is 0 Å². The van der Waals surface area contributed by atoms with Gasteiger partial charge in [0.1, 0.15) is 11.6 Å². The van der Waals surface area contributed by atoms with E-state index in [1.54, 1.807) is 36.3 Å². The van der Waals surface area contributed by atoms with Gasteiger partial charge in [0.15, 0.2) is 0 Å². The third-order valence-electron chi connectivity index (χ3n) is 5.86. The highest BCUT2D eigenvalue weighted by Gasteiger charge is 2.32. The van der Waals surface area contributed by atoms with Crippen LogP contribution in [-0.2, 0) is 4.79 Å². The van der Waals surface area contributed by atoms with E-state index in [2.05, 4.69) is 15.9 Å². The molecule has 4 aromatic rings. The van der Waals surface area contributed by atoms with Crippen molar-refractivity contribution < 1.29 is 9.53 Å². The third-order valence-corrected chi connectivity index (χ3v) is 6.36. The summed E-state index contributed by atoms with van der Waals surface area (Å²) in [6, 6.07) is 20.3. The summed E-state index contributed by atoms with van der Waals surface area (Å²) in [5.74, 6) is 0.791. The van der Waals surface area contributed by atoms with Crippen molar-refractivity contribution in [2.75, 3.05) is 18.6 Å². The number of methoxy groups -OCH3 is 1. The first-order valence-electron chi connectivity index (χ1n) is 11.0. The normalized spacial score (nSPS) is 14.1. The number of halogens is 1. The molecule has 0 radical (unpaired) electrons. The number of aromatic nitrogens is 2. The van der Waals surface area contributed by atoms with Gasteiger partial charge in [-0.25, -0.2) is 4.98 Å². The third kappa shape index (κ3) is 3.62. The number of fused-ring (bicyclic) bond motifs is 2. The first-order chi connectivity index (χ1) is 16.5. The van der Waals surface area contributed by atoms with Crippen LogP contribution in [0.15, 0.2) is 76.0 Å². The number of hydrogen-bond donors (Lipinski definition) is 0. The predicted octanol–water partition coefficient (Wildman–Crippen LogP) is 5.45. The molecule has 0 saturated carbocycles. The van der Waals surface area contributed by atoms with Crippen molar-refractivity contribution >= 4 is 50.1 Å². The van der Waals surface area contributed by atoms with E-state index >= 15 is 0 Å². The molecular formula is C27H22BrN3O3. The number of rotatable bonds is 5. The fourth-order valence-corrected chi connectivity index (χ4v) is 4.70. The Morgan fingerprint density at radius 2 is 1.76 bits per heavy atom. The molecule has 34 heavy (non-hydrogen) atoms. The van der Waals surface area contributed by atoms with Crippen molar-refractivity contribution in [3.05, 3.63) is 92.9 Å². The zero-order valence-electron chi connectivity index (χ0n) is 18.8. The molecule has 7 heteroatoms. The number of benzene rings is 3. The number of hydrogen-bond acceptors (Lipinski definition) is 4. The second-order valence-corrected chi connectivity index (χ2v) is 8.89. The molecular weight excluding hydrogens is 494 g/mol. The highest BCUT2D eigenvalue weighted by molar-refractivity contribution is 9.10. The van der Waals surface area contributed by atoms with Gasteiger partial charge >= 0.3 is 0 Å². The lowest BCUT2D eigenvalue weighted by Crippen LogP contribution is -2.27. The lowest BCUT2D eigenvalue weighted by Gasteiger charge is -2.16. The Balaban J connectivity index is 1.82. The SMILES string of the molecule is CCCN1C(=O)/C(=C/c2nc3ccccc3c(=O)n2-c2ccccc2OC)c2cc(Br)ccc21. The highest BCUT2D eigenvalue weighted by Crippen LogP contribution is 2.39. The number of anilines is 1. The minimum absolute atomic E-state index is 0.107. The summed E-state index contributed by atoms with van der Waals surface area (Å²) in [4.78, 5) is 33.7. The Morgan fingerprint density at radius 1 is 1.00 bits per heavy atom. The first-order valence-corrected chi connectivity index (χ1v) is 11.8. The van der Waals surface area contributed by atoms with Gasteiger partial charge in [-0.15, -0.1) is 0 Å². The Bertz CT molecular complexity index is 1520. The molecule has 2 heterocycles. The van der Waals surface area contributed by atoms with Gasteiger partial charge < -0.3 is 9.64 Å². The molecule has 0 bridgehead atoms. The molecule has 0 N–H and O–H groups in total. The van der Waals surface area contributed by atoms with Gasteiger partial charge in [0.25, 0.3) is 11.5 Å². The summed E-state index contributed by atoms with van der Waals surface area (Å²) in [7, 11) is 1.56. The number of carbonyl (C=O) groups excluding carboxylic acids is 1. The van der Waals surface area contributed by atoms with Crippen LogP contribution in [0.25, 0.3) is 28.2 Å². The maximum atomic E-state index is 13.7. The maximum absolute atomic E-state index is 13.7. The summed E-state index contributed by atoms with van der Waals surface area (Å²) in [6.45, 7) is 2.65. The van der Waals surface area contributed by atoms with Gasteiger partial charge in [0.2, 0.25) is 0 Å². The summed E-state index contributed by atoms with van der Waals surface area (Å²) in [5, 5.41) is 0.490. The Morgan fingerprint density at radius 3 is 2.56 bits per heavy atom. The van der Waals surface area contributed by atoms with Crippen LogP contribution in [0, 0.1) is 0 Å². The molecule has 0 saturated heterocycles. The van der Waals surface area contributed by atoms with Crippen LogP contribution < -0.4 is 15.2 Å². The number of amides is 1. The number of nitrogens with zero attached hydrogens (tertiary/aromatic N) is 3. The summed E-state index contributed by atoms with van der Waals surface area (Å²) in [5.41, 5.74) is 3.05. The van der Waals surface area contributed by atoms with Gasteiger partial charge in [0.05, 0.1) is 35.0 Å². The van der Waals surface area contributed by atoms with Crippen LogP contribution in [0.2, 0.25) is 0 Å². The van der Waals surface area contributed by atoms with E-state index in [4.69, 9.17) is 9.72 Å². The monoisotopic (exact) mass is 515 g/mol. The summed E-state index contributed by atoms with van der Waals surface area (Å²) < 4.78 is 7.93. The molecule has 3 aromatic carbocycles. The fourth-order valence-electron chi connectivity index (χ4n) is 4.34. The second-order valence-electron chi connectivity index (χ2n) is 7.98. The molecule has 0 fully saturated rings. The molecule has 0 unspecified atom stereocenters. The van der Waals surface area contributed by atoms with E-state index in [-0.39, 0.29) is 11.5 Å². The summed E-state index contributed by atoms with van der Waals surface area (Å²) in [6.07, 6.45) is 2.54. The lowest BCUT2D eigenvalue weighted by molar-refractivity contribution is -0.113. The first kappa shape index (κ1) is 22.1. The van der Waals surface area contributed by atoms with E-state index < -0.39 is 0 Å². The van der Waals surface area contributed by atoms with E-state index in [0.717, 1.165) is 22.1 Å². The van der Waals surface area contributed by atoms with Crippen molar-refractivity contribution in [1.29, 1.82) is 0 Å². The molecule has 0 atom stereocenters. The van der Waals surface area contributed by atoms with Crippen LogP contribution in [0.3, 0.4) is 0 Å². The fraction of sp³-hybridized carbons (Fsp3) is 0.148. The topological polar surface area (TPSA) is 64.4 Å². The number of ether oxygens (including phenoxy) is 1. The predicted molar refractivity (Wildman–Crippen MR) is 139 cm³/mol. The van der Waals surface area contributed by atoms with Crippen molar-refractivity contribution in [1.82, 2.24) is 9.55 Å². The lowest BCUT2D eigenvalue weighted by atomic mass is 10.1. The van der Waals surface area contributed by atoms with Gasteiger partial charge in [0, 0.05) is 16.6 Å². The van der Waals surface area contributed by atoms with Gasteiger partial charge in [-0.05, 0) is 55.0 Å². The van der Waals surface area contributed by atoms with E-state index in [9.17, 15) is 9.59 Å². The zero-order chi connectivity index (χ0) is 23.8. The second kappa shape index (κ2) is 8.91. The number of para-hydroxylation sites is 3. The Labute approximate surface area is 205 Å². The molecule has 0 aliphatic carbocycles. The van der Waals surface area contributed by atoms with Gasteiger partial charge in [-0.2, -0.15) is 0 Å². The number of carbonyl (C=O) groups is 1. The standard InChI is InChI=1S/C27H22BrN3O3/c1-3-14-30-22-13-12-17(28)15-19(22)20(26(30)32)16-25-29-21-9-5-4-8-18(21)27(33)31(25)23-10-6-7-11-24(23)34-2/h4-13,15-16H,3,14H2,1-2H3/b20-16+. The van der Waals surface area contributed by atoms with Crippen LogP contribution in [0.1, 0.15) is 24.7 Å². The smallest absolute Gasteiger partial charge is 0.266 e. The van der Waals surface area contributed by atoms with Gasteiger partial charge in [-0.3, -0.25) is 14.2 Å². The van der Waals surface area contributed by atoms with Crippen molar-refractivity contribution in [2.24, 2.45) is 0 Å². The van der Waals surface area contributed by atoms with Crippen molar-refractivity contribution in [3.8, 4) is 11.4 Å². The van der Waals surface area contributed by atoms with Crippen molar-refractivity contribution in [2.45, 2.75) is 13.3 Å². The molecule has 1 aromatic heterocycles. The van der Waals surface area contributed by atoms with E-state index in [1.165, 1.54) is 4.57 Å². The Hall–Kier alpha value is -3.71. The average molecular weight is 516 g/mol. The zero-order valence-corrected chi connectivity index (χ0v) is 20.4. The molecule has 6 nitrogen and oxygen atoms in total. The minimum Gasteiger partial charge on any atom is -0.495 e. The summed E-state index contributed by atoms with van der Waals surface area (Å²) >= 11 is 3.53. The molecule has 1 amide bonds. The van der Waals surface area contributed by atoms with E-state index in [1.807, 2.05) is 55.5 Å². The van der Waals surface area contributed by atoms with Crippen LogP contribution >= 0.6 is 15.9 Å².